The van der Waals surface area contributed by atoms with Crippen LogP contribution in [-0.2, 0) is 11.3 Å². The predicted molar refractivity (Wildman–Crippen MR) is 124 cm³/mol. The van der Waals surface area contributed by atoms with Crippen LogP contribution >= 0.6 is 0 Å². The Bertz CT molecular complexity index is 1120. The fourth-order valence-electron chi connectivity index (χ4n) is 4.50. The highest BCUT2D eigenvalue weighted by atomic mass is 19.1. The Morgan fingerprint density at radius 2 is 1.79 bits per heavy atom. The Hall–Kier alpha value is -3.74. The van der Waals surface area contributed by atoms with Crippen molar-refractivity contribution in [1.29, 1.82) is 0 Å². The van der Waals surface area contributed by atoms with E-state index in [1.807, 2.05) is 60.7 Å². The summed E-state index contributed by atoms with van der Waals surface area (Å²) in [5.74, 6) is 1.90. The molecule has 0 radical (unpaired) electrons. The molecule has 5 rings (SSSR count). The monoisotopic (exact) mass is 463 g/mol. The molecule has 7 heteroatoms. The summed E-state index contributed by atoms with van der Waals surface area (Å²) in [6, 6.07) is 21.7. The van der Waals surface area contributed by atoms with Crippen LogP contribution < -0.4 is 14.2 Å². The van der Waals surface area contributed by atoms with Crippen LogP contribution in [0.4, 0.5) is 9.18 Å². The number of fused-ring (bicyclic) bond motifs is 1. The number of carbonyl (C=O) groups excluding carboxylic acids is 1. The van der Waals surface area contributed by atoms with Crippen molar-refractivity contribution in [3.8, 4) is 17.2 Å². The number of carbonyl (C=O) groups is 1. The van der Waals surface area contributed by atoms with E-state index in [0.717, 1.165) is 17.5 Å². The first-order valence-corrected chi connectivity index (χ1v) is 11.4. The van der Waals surface area contributed by atoms with E-state index in [-0.39, 0.29) is 37.1 Å². The van der Waals surface area contributed by atoms with Crippen LogP contribution in [0.25, 0.3) is 0 Å². The molecule has 0 saturated carbocycles. The first-order valence-electron chi connectivity index (χ1n) is 11.4. The van der Waals surface area contributed by atoms with Crippen molar-refractivity contribution in [3.63, 3.8) is 0 Å². The van der Waals surface area contributed by atoms with E-state index in [0.29, 0.717) is 36.9 Å². The second kappa shape index (κ2) is 10.0. The summed E-state index contributed by atoms with van der Waals surface area (Å²) in [4.78, 5) is 14.5. The highest BCUT2D eigenvalue weighted by Gasteiger charge is 2.34. The zero-order valence-electron chi connectivity index (χ0n) is 18.7. The van der Waals surface area contributed by atoms with E-state index in [1.165, 1.54) is 12.1 Å². The molecule has 0 aromatic heterocycles. The van der Waals surface area contributed by atoms with E-state index in [4.69, 9.17) is 18.9 Å². The number of ether oxygens (including phenoxy) is 4. The highest BCUT2D eigenvalue weighted by molar-refractivity contribution is 5.67. The molecular weight excluding hydrogens is 437 g/mol. The minimum atomic E-state index is -0.338. The molecule has 176 valence electrons. The lowest BCUT2D eigenvalue weighted by Gasteiger charge is -2.38. The molecule has 6 nitrogen and oxygen atoms in total. The fourth-order valence-corrected chi connectivity index (χ4v) is 4.50. The average molecular weight is 464 g/mol. The lowest BCUT2D eigenvalue weighted by molar-refractivity contribution is 0.0642. The summed E-state index contributed by atoms with van der Waals surface area (Å²) in [7, 11) is 0. The summed E-state index contributed by atoms with van der Waals surface area (Å²) in [5, 5.41) is 0. The lowest BCUT2D eigenvalue weighted by atomic mass is 9.81. The molecule has 2 heterocycles. The molecule has 0 unspecified atom stereocenters. The van der Waals surface area contributed by atoms with Gasteiger partial charge in [0.25, 0.3) is 0 Å². The molecule has 2 aliphatic heterocycles. The molecule has 3 aromatic carbocycles. The van der Waals surface area contributed by atoms with E-state index >= 15 is 0 Å². The van der Waals surface area contributed by atoms with E-state index in [2.05, 4.69) is 0 Å². The van der Waals surface area contributed by atoms with Crippen LogP contribution in [-0.4, -0.2) is 37.5 Å². The Kier molecular flexibility index (Phi) is 6.51. The average Bonchev–Trinajstić information content (AvgIpc) is 3.35. The number of benzene rings is 3. The van der Waals surface area contributed by atoms with Gasteiger partial charge < -0.3 is 23.8 Å². The standard InChI is InChI=1S/C27H26FNO5/c28-22-8-6-20(7-9-22)24-12-13-29(27(30)32-16-19-4-2-1-3-5-19)15-21(24)17-31-23-10-11-25-26(14-23)34-18-33-25/h1-11,14,21,24H,12-13,15-18H2/t21-,24-/m1/s1. The molecule has 1 saturated heterocycles. The van der Waals surface area contributed by atoms with Crippen molar-refractivity contribution < 1.29 is 28.1 Å². The summed E-state index contributed by atoms with van der Waals surface area (Å²) in [5.41, 5.74) is 1.98. The Balaban J connectivity index is 1.27. The van der Waals surface area contributed by atoms with Crippen molar-refractivity contribution in [2.75, 3.05) is 26.5 Å². The van der Waals surface area contributed by atoms with E-state index in [9.17, 15) is 9.18 Å². The lowest BCUT2D eigenvalue weighted by Crippen LogP contribution is -2.45. The maximum Gasteiger partial charge on any atom is 0.410 e. The van der Waals surface area contributed by atoms with Gasteiger partial charge in [-0.1, -0.05) is 42.5 Å². The van der Waals surface area contributed by atoms with E-state index in [1.54, 1.807) is 4.90 Å². The summed E-state index contributed by atoms with van der Waals surface area (Å²) in [6.45, 7) is 1.88. The van der Waals surface area contributed by atoms with Crippen LogP contribution in [0, 0.1) is 11.7 Å². The second-order valence-electron chi connectivity index (χ2n) is 8.52. The molecule has 3 aromatic rings. The normalized spacial score (nSPS) is 19.0. The number of halogens is 1. The number of piperidine rings is 1. The molecule has 0 aliphatic carbocycles. The molecule has 2 atom stereocenters. The summed E-state index contributed by atoms with van der Waals surface area (Å²) >= 11 is 0. The van der Waals surface area contributed by atoms with Gasteiger partial charge in [-0.3, -0.25) is 0 Å². The number of hydrogen-bond donors (Lipinski definition) is 0. The quantitative estimate of drug-likeness (QED) is 0.492. The van der Waals surface area contributed by atoms with Crippen LogP contribution in [0.5, 0.6) is 17.2 Å². The minimum absolute atomic E-state index is 0.00825. The topological polar surface area (TPSA) is 57.2 Å². The molecular formula is C27H26FNO5. The number of likely N-dealkylation sites (tertiary alicyclic amines) is 1. The molecule has 0 spiro atoms. The maximum atomic E-state index is 13.5. The first kappa shape index (κ1) is 22.1. The van der Waals surface area contributed by atoms with Crippen molar-refractivity contribution in [3.05, 3.63) is 89.7 Å². The van der Waals surface area contributed by atoms with Crippen LogP contribution in [0.15, 0.2) is 72.8 Å². The molecule has 2 aliphatic rings. The molecule has 0 bridgehead atoms. The SMILES string of the molecule is O=C(OCc1ccccc1)N1CC[C@H](c2ccc(F)cc2)[C@@H](COc2ccc3c(c2)OCO3)C1. The summed E-state index contributed by atoms with van der Waals surface area (Å²) < 4.78 is 36.0. The highest BCUT2D eigenvalue weighted by Crippen LogP contribution is 2.37. The van der Waals surface area contributed by atoms with Crippen molar-refractivity contribution >= 4 is 6.09 Å². The first-order chi connectivity index (χ1) is 16.7. The van der Waals surface area contributed by atoms with Crippen molar-refractivity contribution in [1.82, 2.24) is 4.90 Å². The van der Waals surface area contributed by atoms with Crippen LogP contribution in [0.3, 0.4) is 0 Å². The van der Waals surface area contributed by atoms with Crippen molar-refractivity contribution in [2.24, 2.45) is 5.92 Å². The summed E-state index contributed by atoms with van der Waals surface area (Å²) in [6.07, 6.45) is 0.399. The van der Waals surface area contributed by atoms with Gasteiger partial charge in [0.15, 0.2) is 11.5 Å². The van der Waals surface area contributed by atoms with Gasteiger partial charge in [0, 0.05) is 25.1 Å². The van der Waals surface area contributed by atoms with E-state index < -0.39 is 0 Å². The molecule has 34 heavy (non-hydrogen) atoms. The molecule has 1 amide bonds. The van der Waals surface area contributed by atoms with Crippen LogP contribution in [0.1, 0.15) is 23.5 Å². The largest absolute Gasteiger partial charge is 0.493 e. The third-order valence-electron chi connectivity index (χ3n) is 6.30. The Labute approximate surface area is 197 Å². The Morgan fingerprint density at radius 3 is 2.62 bits per heavy atom. The van der Waals surface area contributed by atoms with Crippen LogP contribution in [0.2, 0.25) is 0 Å². The molecule has 1 fully saturated rings. The number of hydrogen-bond acceptors (Lipinski definition) is 5. The number of amides is 1. The van der Waals surface area contributed by atoms with Gasteiger partial charge in [-0.2, -0.15) is 0 Å². The van der Waals surface area contributed by atoms with Gasteiger partial charge in [0.05, 0.1) is 6.61 Å². The number of nitrogens with zero attached hydrogens (tertiary/aromatic N) is 1. The smallest absolute Gasteiger partial charge is 0.410 e. The van der Waals surface area contributed by atoms with Gasteiger partial charge in [-0.05, 0) is 47.7 Å². The second-order valence-corrected chi connectivity index (χ2v) is 8.52. The number of rotatable bonds is 6. The third kappa shape index (κ3) is 5.09. The zero-order valence-corrected chi connectivity index (χ0v) is 18.7. The van der Waals surface area contributed by atoms with Gasteiger partial charge in [0.1, 0.15) is 18.2 Å². The maximum absolute atomic E-state index is 13.5. The minimum Gasteiger partial charge on any atom is -0.493 e. The van der Waals surface area contributed by atoms with Gasteiger partial charge in [-0.25, -0.2) is 9.18 Å². The van der Waals surface area contributed by atoms with Gasteiger partial charge >= 0.3 is 6.09 Å². The Morgan fingerprint density at radius 1 is 1.00 bits per heavy atom. The predicted octanol–water partition coefficient (Wildman–Crippen LogP) is 5.38. The molecule has 0 N–H and O–H groups in total. The zero-order chi connectivity index (χ0) is 23.3. The fraction of sp³-hybridized carbons (Fsp3) is 0.296. The van der Waals surface area contributed by atoms with Gasteiger partial charge in [0.2, 0.25) is 6.79 Å². The van der Waals surface area contributed by atoms with Crippen molar-refractivity contribution in [2.45, 2.75) is 18.9 Å². The third-order valence-corrected chi connectivity index (χ3v) is 6.30. The van der Waals surface area contributed by atoms with Gasteiger partial charge in [-0.15, -0.1) is 0 Å².